The van der Waals surface area contributed by atoms with Gasteiger partial charge in [-0.05, 0) is 122 Å². The monoisotopic (exact) mass is 1110 g/mol. The van der Waals surface area contributed by atoms with Gasteiger partial charge in [0.05, 0.1) is 22.4 Å². The molecule has 1 radical (unpaired) electrons. The largest absolute Gasteiger partial charge is 0.501 e. The zero-order valence-electron chi connectivity index (χ0n) is 46.0. The third kappa shape index (κ3) is 10.3. The van der Waals surface area contributed by atoms with Gasteiger partial charge in [-0.25, -0.2) is 0 Å². The molecule has 0 bridgehead atoms. The van der Waals surface area contributed by atoms with Gasteiger partial charge in [-0.2, -0.15) is 0 Å². The second-order valence-electron chi connectivity index (χ2n) is 19.5. The van der Waals surface area contributed by atoms with Gasteiger partial charge in [-0.3, -0.25) is 4.98 Å². The second kappa shape index (κ2) is 20.6. The third-order valence-corrected chi connectivity index (χ3v) is 12.5. The minimum Gasteiger partial charge on any atom is -0.501 e. The molecule has 0 saturated carbocycles. The fraction of sp³-hybridized carbons (Fsp3) is 0.185. The second-order valence-corrected chi connectivity index (χ2v) is 19.5. The SMILES string of the molecule is CC(C)c1cc(-c2ccc(-c3ccccc3)cc2)cc(C(C)C)c1-n1c(-c2[c-]ccc3c2oc2cc(-c4ccccc4)ccc23)nc2ccccc21.[2H]C([2H])([2H])c1ccc(-c2ccc(C([2H])([2H])C(C)(C)C)cn2)[c-]n1.[Ir]. The van der Waals surface area contributed by atoms with Gasteiger partial charge in [0.15, 0.2) is 0 Å². The van der Waals surface area contributed by atoms with Crippen molar-refractivity contribution in [3.63, 3.8) is 0 Å². The van der Waals surface area contributed by atoms with Crippen LogP contribution in [-0.2, 0) is 26.5 Å². The molecule has 355 valence electrons. The molecule has 11 rings (SSSR count). The molecule has 11 aromatic rings. The van der Waals surface area contributed by atoms with E-state index in [0.29, 0.717) is 16.8 Å². The molecule has 4 heterocycles. The van der Waals surface area contributed by atoms with Crippen molar-refractivity contribution in [2.24, 2.45) is 5.41 Å². The van der Waals surface area contributed by atoms with Crippen molar-refractivity contribution >= 4 is 33.0 Å². The first-order valence-corrected chi connectivity index (χ1v) is 24.0. The van der Waals surface area contributed by atoms with Crippen LogP contribution in [0.15, 0.2) is 187 Å². The molecule has 0 aliphatic heterocycles. The van der Waals surface area contributed by atoms with E-state index in [1.807, 2.05) is 32.9 Å². The van der Waals surface area contributed by atoms with Crippen molar-refractivity contribution in [1.82, 2.24) is 19.5 Å². The molecule has 71 heavy (non-hydrogen) atoms. The van der Waals surface area contributed by atoms with E-state index in [0.717, 1.165) is 55.5 Å². The average Bonchev–Trinajstić information content (AvgIpc) is 3.99. The van der Waals surface area contributed by atoms with Crippen LogP contribution < -0.4 is 0 Å². The Morgan fingerprint density at radius 3 is 1.87 bits per heavy atom. The first-order chi connectivity index (χ1) is 35.9. The summed E-state index contributed by atoms with van der Waals surface area (Å²) in [6.07, 6.45) is 2.68. The summed E-state index contributed by atoms with van der Waals surface area (Å²) in [6, 6.07) is 63.9. The number of pyridine rings is 2. The molecule has 0 N–H and O–H groups in total. The smallest absolute Gasteiger partial charge is 0.121 e. The molecule has 7 aromatic carbocycles. The van der Waals surface area contributed by atoms with Crippen LogP contribution in [0.4, 0.5) is 0 Å². The molecule has 0 saturated heterocycles. The molecular formula is C65H58IrN4O-2. The minimum absolute atomic E-state index is 0. The Bertz CT molecular complexity index is 3770. The number of fused-ring (bicyclic) bond motifs is 4. The van der Waals surface area contributed by atoms with E-state index in [2.05, 4.69) is 194 Å². The van der Waals surface area contributed by atoms with Gasteiger partial charge in [0.1, 0.15) is 5.58 Å². The van der Waals surface area contributed by atoms with Gasteiger partial charge in [0.25, 0.3) is 0 Å². The van der Waals surface area contributed by atoms with Crippen LogP contribution in [-0.4, -0.2) is 19.5 Å². The number of aromatic nitrogens is 4. The summed E-state index contributed by atoms with van der Waals surface area (Å²) in [5.74, 6) is 1.35. The molecule has 6 heteroatoms. The molecule has 0 unspecified atom stereocenters. The van der Waals surface area contributed by atoms with E-state index in [1.165, 1.54) is 51.3 Å². The van der Waals surface area contributed by atoms with Crippen molar-refractivity contribution in [1.29, 1.82) is 0 Å². The summed E-state index contributed by atoms with van der Waals surface area (Å²) >= 11 is 0. The summed E-state index contributed by atoms with van der Waals surface area (Å²) < 4.78 is 47.5. The van der Waals surface area contributed by atoms with Crippen LogP contribution in [0.5, 0.6) is 0 Å². The van der Waals surface area contributed by atoms with Gasteiger partial charge >= 0.3 is 0 Å². The molecule has 4 aromatic heterocycles. The summed E-state index contributed by atoms with van der Waals surface area (Å²) in [7, 11) is 0. The van der Waals surface area contributed by atoms with Crippen LogP contribution in [0.3, 0.4) is 0 Å². The summed E-state index contributed by atoms with van der Waals surface area (Å²) in [5.41, 5.74) is 16.5. The topological polar surface area (TPSA) is 56.7 Å². The Hall–Kier alpha value is -7.24. The van der Waals surface area contributed by atoms with Crippen LogP contribution in [0.2, 0.25) is 0 Å². The summed E-state index contributed by atoms with van der Waals surface area (Å²) in [6.45, 7) is 12.4. The molecule has 5 nitrogen and oxygen atoms in total. The number of hydrogen-bond donors (Lipinski definition) is 0. The van der Waals surface area contributed by atoms with Crippen LogP contribution in [0, 0.1) is 24.5 Å². The zero-order valence-corrected chi connectivity index (χ0v) is 43.4. The van der Waals surface area contributed by atoms with E-state index in [4.69, 9.17) is 16.3 Å². The molecule has 0 aliphatic rings. The van der Waals surface area contributed by atoms with Crippen molar-refractivity contribution in [3.05, 3.63) is 217 Å². The molecule has 0 aliphatic carbocycles. The summed E-state index contributed by atoms with van der Waals surface area (Å²) in [4.78, 5) is 13.4. The number of nitrogens with zero attached hydrogens (tertiary/aromatic N) is 4. The van der Waals surface area contributed by atoms with Gasteiger partial charge < -0.3 is 19.0 Å². The maximum absolute atomic E-state index is 8.23. The van der Waals surface area contributed by atoms with Crippen LogP contribution in [0.1, 0.15) is 89.5 Å². The molecule has 0 atom stereocenters. The van der Waals surface area contributed by atoms with Gasteiger partial charge in [0, 0.05) is 44.2 Å². The Morgan fingerprint density at radius 2 is 1.27 bits per heavy atom. The number of aryl methyl sites for hydroxylation is 1. The maximum Gasteiger partial charge on any atom is 0.121 e. The average molecular weight is 1110 g/mol. The van der Waals surface area contributed by atoms with E-state index < -0.39 is 18.6 Å². The van der Waals surface area contributed by atoms with Crippen molar-refractivity contribution in [2.75, 3.05) is 0 Å². The number of rotatable bonds is 9. The Labute approximate surface area is 439 Å². The Kier molecular flexibility index (Phi) is 12.4. The van der Waals surface area contributed by atoms with E-state index in [1.54, 1.807) is 18.2 Å². The number of hydrogen-bond acceptors (Lipinski definition) is 4. The van der Waals surface area contributed by atoms with Gasteiger partial charge in [-0.1, -0.05) is 188 Å². The molecule has 0 fully saturated rings. The maximum atomic E-state index is 8.23. The number of para-hydroxylation sites is 2. The molecule has 0 spiro atoms. The van der Waals surface area contributed by atoms with E-state index >= 15 is 0 Å². The van der Waals surface area contributed by atoms with Crippen molar-refractivity contribution in [2.45, 2.75) is 73.5 Å². The van der Waals surface area contributed by atoms with Crippen molar-refractivity contribution in [3.8, 4) is 61.7 Å². The number of benzene rings is 7. The Morgan fingerprint density at radius 1 is 0.648 bits per heavy atom. The summed E-state index contributed by atoms with van der Waals surface area (Å²) in [5, 5.41) is 2.14. The quantitative estimate of drug-likeness (QED) is 0.135. The minimum atomic E-state index is -2.25. The van der Waals surface area contributed by atoms with E-state index in [9.17, 15) is 0 Å². The number of furan rings is 1. The Balaban J connectivity index is 0.000000248. The van der Waals surface area contributed by atoms with Gasteiger partial charge in [0.2, 0.25) is 0 Å². The predicted octanol–water partition coefficient (Wildman–Crippen LogP) is 17.5. The predicted molar refractivity (Wildman–Crippen MR) is 291 cm³/mol. The fourth-order valence-electron chi connectivity index (χ4n) is 9.17. The normalized spacial score (nSPS) is 13.0. The first-order valence-electron chi connectivity index (χ1n) is 26.5. The molecule has 0 amide bonds. The number of imidazole rings is 1. The first kappa shape index (κ1) is 42.6. The fourth-order valence-corrected chi connectivity index (χ4v) is 9.17. The zero-order chi connectivity index (χ0) is 52.8. The van der Waals surface area contributed by atoms with Gasteiger partial charge in [-0.15, -0.1) is 35.9 Å². The standard InChI is InChI=1S/C49H39N2O.C16H19N2.Ir/c1-31(2)42-28-38(36-24-22-35(23-25-36)33-14-7-5-8-15-33)29-43(32(3)4)47(42)51-45-21-12-11-20-44(45)50-49(51)41-19-13-18-40-39-27-26-37(30-46(39)52-48(40)41)34-16-9-6-10-17-34;1-12-5-7-14(11-17-12)15-8-6-13(10-18-15)9-16(2,3)4;/h5-18,20-32H,1-4H3;5-8,10H,9H2,1-4H3;/q2*-1;/i;1D3,9D2;. The van der Waals surface area contributed by atoms with Crippen LogP contribution >= 0.6 is 0 Å². The van der Waals surface area contributed by atoms with Crippen LogP contribution in [0.25, 0.3) is 94.7 Å². The van der Waals surface area contributed by atoms with E-state index in [-0.39, 0.29) is 37.6 Å². The third-order valence-electron chi connectivity index (χ3n) is 12.5. The van der Waals surface area contributed by atoms with Crippen molar-refractivity contribution < 1.29 is 31.4 Å². The molecular weight excluding hydrogens is 1040 g/mol.